The second kappa shape index (κ2) is 6.10. The van der Waals surface area contributed by atoms with Crippen LogP contribution >= 0.6 is 0 Å². The summed E-state index contributed by atoms with van der Waals surface area (Å²) in [5.41, 5.74) is 12.4. The number of aromatic amines is 1. The van der Waals surface area contributed by atoms with Gasteiger partial charge < -0.3 is 11.1 Å². The molecular formula is C19H26N8. The molecule has 142 valence electrons. The molecule has 2 aliphatic rings. The molecule has 2 unspecified atom stereocenters. The average Bonchev–Trinajstić information content (AvgIpc) is 3.36. The van der Waals surface area contributed by atoms with Gasteiger partial charge in [0, 0.05) is 18.2 Å². The summed E-state index contributed by atoms with van der Waals surface area (Å²) in [4.78, 5) is 9.95. The van der Waals surface area contributed by atoms with Crippen LogP contribution in [0.3, 0.4) is 0 Å². The van der Waals surface area contributed by atoms with Crippen molar-refractivity contribution in [2.75, 3.05) is 13.1 Å². The molecule has 3 aromatic heterocycles. The van der Waals surface area contributed by atoms with Gasteiger partial charge in [-0.25, -0.2) is 14.6 Å². The third-order valence-electron chi connectivity index (χ3n) is 6.57. The highest BCUT2D eigenvalue weighted by molar-refractivity contribution is 5.75. The third kappa shape index (κ3) is 2.58. The van der Waals surface area contributed by atoms with Crippen molar-refractivity contribution >= 4 is 11.2 Å². The minimum atomic E-state index is 0.238. The minimum Gasteiger partial charge on any atom is -0.327 e. The van der Waals surface area contributed by atoms with E-state index in [9.17, 15) is 0 Å². The normalized spacial score (nSPS) is 24.9. The van der Waals surface area contributed by atoms with Gasteiger partial charge in [0.15, 0.2) is 5.65 Å². The van der Waals surface area contributed by atoms with E-state index in [1.165, 1.54) is 0 Å². The van der Waals surface area contributed by atoms with Gasteiger partial charge in [-0.05, 0) is 58.0 Å². The Balaban J connectivity index is 1.58. The molecule has 8 nitrogen and oxygen atoms in total. The third-order valence-corrected chi connectivity index (χ3v) is 6.57. The first-order valence-corrected chi connectivity index (χ1v) is 9.77. The van der Waals surface area contributed by atoms with E-state index in [4.69, 9.17) is 15.7 Å². The van der Waals surface area contributed by atoms with Gasteiger partial charge in [-0.2, -0.15) is 10.2 Å². The highest BCUT2D eigenvalue weighted by Gasteiger charge is 2.47. The van der Waals surface area contributed by atoms with Gasteiger partial charge in [0.05, 0.1) is 23.3 Å². The molecule has 5 rings (SSSR count). The van der Waals surface area contributed by atoms with Crippen LogP contribution < -0.4 is 11.1 Å². The number of fused-ring (bicyclic) bond motifs is 1. The SMILES string of the molecule is Cc1nc2c(C)nn(-c3cn[nH]c3)c2nc1C1CC(N)C2(CCNCC2)C1. The highest BCUT2D eigenvalue weighted by atomic mass is 15.3. The highest BCUT2D eigenvalue weighted by Crippen LogP contribution is 2.50. The van der Waals surface area contributed by atoms with E-state index in [1.807, 2.05) is 17.8 Å². The monoisotopic (exact) mass is 366 g/mol. The van der Waals surface area contributed by atoms with Crippen LogP contribution in [0.25, 0.3) is 16.9 Å². The fraction of sp³-hybridized carbons (Fsp3) is 0.579. The molecule has 1 saturated heterocycles. The topological polar surface area (TPSA) is 110 Å². The summed E-state index contributed by atoms with van der Waals surface area (Å²) >= 11 is 0. The molecule has 2 atom stereocenters. The van der Waals surface area contributed by atoms with Gasteiger partial charge in [0.2, 0.25) is 0 Å². The van der Waals surface area contributed by atoms with E-state index in [1.54, 1.807) is 6.20 Å². The standard InChI is InChI=1S/C19H26N8/c1-11-16(13-7-15(20)19(8-13)3-5-21-6-4-19)25-18-17(24-11)12(2)26-27(18)14-9-22-23-10-14/h9-10,13,15,21H,3-8,20H2,1-2H3,(H,22,23). The van der Waals surface area contributed by atoms with Crippen LogP contribution in [-0.4, -0.2) is 49.1 Å². The first-order chi connectivity index (χ1) is 13.1. The second-order valence-corrected chi connectivity index (χ2v) is 8.18. The predicted molar refractivity (Wildman–Crippen MR) is 103 cm³/mol. The number of hydrogen-bond donors (Lipinski definition) is 3. The van der Waals surface area contributed by atoms with Gasteiger partial charge >= 0.3 is 0 Å². The smallest absolute Gasteiger partial charge is 0.182 e. The van der Waals surface area contributed by atoms with E-state index in [-0.39, 0.29) is 11.5 Å². The predicted octanol–water partition coefficient (Wildman–Crippen LogP) is 1.73. The van der Waals surface area contributed by atoms with Crippen LogP contribution in [0.1, 0.15) is 48.7 Å². The summed E-state index contributed by atoms with van der Waals surface area (Å²) in [7, 11) is 0. The van der Waals surface area contributed by atoms with Crippen molar-refractivity contribution in [2.45, 2.75) is 51.5 Å². The van der Waals surface area contributed by atoms with Gasteiger partial charge in [-0.3, -0.25) is 5.10 Å². The van der Waals surface area contributed by atoms with Crippen LogP contribution in [0, 0.1) is 19.3 Å². The Kier molecular flexibility index (Phi) is 3.80. The number of H-pyrrole nitrogens is 1. The fourth-order valence-corrected chi connectivity index (χ4v) is 5.07. The fourth-order valence-electron chi connectivity index (χ4n) is 5.07. The molecule has 1 aliphatic carbocycles. The lowest BCUT2D eigenvalue weighted by Crippen LogP contribution is -2.45. The molecule has 1 spiro atoms. The van der Waals surface area contributed by atoms with E-state index in [0.29, 0.717) is 5.92 Å². The number of aryl methyl sites for hydroxylation is 2. The van der Waals surface area contributed by atoms with E-state index in [2.05, 4.69) is 27.5 Å². The first-order valence-electron chi connectivity index (χ1n) is 9.77. The Morgan fingerprint density at radius 1 is 1.19 bits per heavy atom. The van der Waals surface area contributed by atoms with Crippen molar-refractivity contribution in [3.05, 3.63) is 29.5 Å². The lowest BCUT2D eigenvalue weighted by Gasteiger charge is -2.37. The number of piperidine rings is 1. The maximum absolute atomic E-state index is 6.64. The Morgan fingerprint density at radius 2 is 2.00 bits per heavy atom. The molecule has 0 radical (unpaired) electrons. The van der Waals surface area contributed by atoms with Crippen LogP contribution in [0.15, 0.2) is 12.4 Å². The van der Waals surface area contributed by atoms with Crippen molar-refractivity contribution in [2.24, 2.45) is 11.1 Å². The molecule has 4 heterocycles. The summed E-state index contributed by atoms with van der Waals surface area (Å²) in [6, 6.07) is 0.238. The van der Waals surface area contributed by atoms with E-state index < -0.39 is 0 Å². The molecule has 4 N–H and O–H groups in total. The molecule has 0 aromatic carbocycles. The maximum atomic E-state index is 6.64. The summed E-state index contributed by atoms with van der Waals surface area (Å²) in [5.74, 6) is 0.364. The molecule has 27 heavy (non-hydrogen) atoms. The molecule has 0 bridgehead atoms. The minimum absolute atomic E-state index is 0.238. The second-order valence-electron chi connectivity index (χ2n) is 8.18. The van der Waals surface area contributed by atoms with Crippen molar-refractivity contribution in [3.8, 4) is 5.69 Å². The number of rotatable bonds is 2. The van der Waals surface area contributed by atoms with Crippen LogP contribution in [-0.2, 0) is 0 Å². The number of hydrogen-bond acceptors (Lipinski definition) is 6. The summed E-state index contributed by atoms with van der Waals surface area (Å²) in [6.07, 6.45) is 7.98. The lowest BCUT2D eigenvalue weighted by molar-refractivity contribution is 0.181. The molecule has 1 saturated carbocycles. The number of nitrogens with zero attached hydrogens (tertiary/aromatic N) is 5. The Labute approximate surface area is 158 Å². The maximum Gasteiger partial charge on any atom is 0.182 e. The van der Waals surface area contributed by atoms with Crippen molar-refractivity contribution in [1.82, 2.24) is 35.3 Å². The summed E-state index contributed by atoms with van der Waals surface area (Å²) in [5, 5.41) is 15.0. The van der Waals surface area contributed by atoms with Gasteiger partial charge in [0.25, 0.3) is 0 Å². The van der Waals surface area contributed by atoms with Crippen molar-refractivity contribution < 1.29 is 0 Å². The van der Waals surface area contributed by atoms with Gasteiger partial charge in [0.1, 0.15) is 11.2 Å². The molecule has 8 heteroatoms. The lowest BCUT2D eigenvalue weighted by atomic mass is 9.74. The first kappa shape index (κ1) is 16.8. The zero-order valence-corrected chi connectivity index (χ0v) is 15.9. The largest absolute Gasteiger partial charge is 0.327 e. The van der Waals surface area contributed by atoms with Gasteiger partial charge in [-0.15, -0.1) is 0 Å². The Bertz CT molecular complexity index is 967. The quantitative estimate of drug-likeness (QED) is 0.637. The van der Waals surface area contributed by atoms with E-state index >= 15 is 0 Å². The molecule has 2 fully saturated rings. The van der Waals surface area contributed by atoms with Gasteiger partial charge in [-0.1, -0.05) is 0 Å². The Morgan fingerprint density at radius 3 is 2.74 bits per heavy atom. The number of nitrogens with one attached hydrogen (secondary N) is 2. The van der Waals surface area contributed by atoms with Crippen LogP contribution in [0.5, 0.6) is 0 Å². The summed E-state index contributed by atoms with van der Waals surface area (Å²) < 4.78 is 1.83. The Hall–Kier alpha value is -2.32. The van der Waals surface area contributed by atoms with Crippen molar-refractivity contribution in [3.63, 3.8) is 0 Å². The number of nitrogens with two attached hydrogens (primary N) is 1. The average molecular weight is 366 g/mol. The summed E-state index contributed by atoms with van der Waals surface area (Å²) in [6.45, 7) is 6.17. The van der Waals surface area contributed by atoms with Crippen LogP contribution in [0.4, 0.5) is 0 Å². The number of aromatic nitrogens is 6. The molecule has 0 amide bonds. The molecule has 3 aromatic rings. The van der Waals surface area contributed by atoms with Crippen molar-refractivity contribution in [1.29, 1.82) is 0 Å². The van der Waals surface area contributed by atoms with E-state index in [0.717, 1.165) is 72.7 Å². The zero-order chi connectivity index (χ0) is 18.6. The zero-order valence-electron chi connectivity index (χ0n) is 15.9. The molecule has 1 aliphatic heterocycles. The van der Waals surface area contributed by atoms with Crippen LogP contribution in [0.2, 0.25) is 0 Å². The molecular weight excluding hydrogens is 340 g/mol.